The quantitative estimate of drug-likeness (QED) is 0.698. The van der Waals surface area contributed by atoms with Gasteiger partial charge in [0.2, 0.25) is 5.88 Å². The van der Waals surface area contributed by atoms with Gasteiger partial charge in [-0.25, -0.2) is 14.2 Å². The van der Waals surface area contributed by atoms with Gasteiger partial charge in [0.15, 0.2) is 0 Å². The van der Waals surface area contributed by atoms with Gasteiger partial charge >= 0.3 is 5.69 Å². The minimum atomic E-state index is -0.443. The first-order valence-electron chi connectivity index (χ1n) is 7.41. The molecule has 0 atom stereocenters. The van der Waals surface area contributed by atoms with E-state index in [9.17, 15) is 14.3 Å². The van der Waals surface area contributed by atoms with Crippen molar-refractivity contribution in [1.29, 1.82) is 0 Å². The number of hydrogen-bond donors (Lipinski definition) is 2. The first kappa shape index (κ1) is 16.5. The van der Waals surface area contributed by atoms with E-state index in [4.69, 9.17) is 0 Å². The summed E-state index contributed by atoms with van der Waals surface area (Å²) >= 11 is 3.33. The molecule has 126 valence electrons. The molecule has 0 saturated heterocycles. The molecule has 0 amide bonds. The number of rotatable bonds is 5. The predicted molar refractivity (Wildman–Crippen MR) is 91.4 cm³/mol. The second-order valence-electron chi connectivity index (χ2n) is 5.49. The van der Waals surface area contributed by atoms with Crippen molar-refractivity contribution in [2.45, 2.75) is 26.4 Å². The third kappa shape index (κ3) is 3.14. The van der Waals surface area contributed by atoms with Crippen LogP contribution in [-0.2, 0) is 13.1 Å². The average molecular weight is 395 g/mol. The van der Waals surface area contributed by atoms with E-state index in [-0.39, 0.29) is 11.6 Å². The zero-order valence-electron chi connectivity index (χ0n) is 13.0. The largest absolute Gasteiger partial charge is 0.493 e. The highest BCUT2D eigenvalue weighted by Crippen LogP contribution is 2.33. The van der Waals surface area contributed by atoms with E-state index >= 15 is 0 Å². The van der Waals surface area contributed by atoms with Crippen molar-refractivity contribution < 1.29 is 9.50 Å². The van der Waals surface area contributed by atoms with Crippen molar-refractivity contribution >= 4 is 15.9 Å². The topological polar surface area (TPSA) is 75.8 Å². The molecule has 6 nitrogen and oxygen atoms in total. The lowest BCUT2D eigenvalue weighted by atomic mass is 10.1. The second kappa shape index (κ2) is 6.64. The highest BCUT2D eigenvalue weighted by atomic mass is 79.9. The minimum absolute atomic E-state index is 0.272. The van der Waals surface area contributed by atoms with Crippen molar-refractivity contribution in [1.82, 2.24) is 19.1 Å². The van der Waals surface area contributed by atoms with Gasteiger partial charge in [0, 0.05) is 35.0 Å². The lowest BCUT2D eigenvalue weighted by Crippen LogP contribution is -2.19. The number of halogens is 2. The van der Waals surface area contributed by atoms with Crippen LogP contribution in [0.4, 0.5) is 4.39 Å². The fraction of sp³-hybridized carbons (Fsp3) is 0.250. The Morgan fingerprint density at radius 3 is 2.88 bits per heavy atom. The summed E-state index contributed by atoms with van der Waals surface area (Å²) in [5.41, 5.74) is 1.30. The summed E-state index contributed by atoms with van der Waals surface area (Å²) in [6, 6.07) is 4.13. The maximum atomic E-state index is 13.6. The summed E-state index contributed by atoms with van der Waals surface area (Å²) < 4.78 is 17.6. The van der Waals surface area contributed by atoms with Gasteiger partial charge in [0.1, 0.15) is 11.5 Å². The van der Waals surface area contributed by atoms with Gasteiger partial charge in [0.05, 0.1) is 6.33 Å². The third-order valence-corrected chi connectivity index (χ3v) is 4.54. The van der Waals surface area contributed by atoms with Crippen molar-refractivity contribution in [3.8, 4) is 17.1 Å². The molecular formula is C16H16BrFN4O2. The van der Waals surface area contributed by atoms with Crippen LogP contribution in [0.3, 0.4) is 0 Å². The van der Waals surface area contributed by atoms with Crippen LogP contribution >= 0.6 is 15.9 Å². The van der Waals surface area contributed by atoms with Crippen LogP contribution in [0.5, 0.6) is 5.88 Å². The van der Waals surface area contributed by atoms with Crippen molar-refractivity contribution in [2.75, 3.05) is 0 Å². The Balaban J connectivity index is 1.90. The molecule has 2 heterocycles. The molecule has 0 saturated carbocycles. The summed E-state index contributed by atoms with van der Waals surface area (Å²) in [6.45, 7) is 3.02. The van der Waals surface area contributed by atoms with Gasteiger partial charge in [0.25, 0.3) is 0 Å². The van der Waals surface area contributed by atoms with Gasteiger partial charge in [-0.1, -0.05) is 15.9 Å². The maximum absolute atomic E-state index is 13.6. The summed E-state index contributed by atoms with van der Waals surface area (Å²) in [5, 5.41) is 10.1. The molecule has 0 bridgehead atoms. The van der Waals surface area contributed by atoms with Gasteiger partial charge in [-0.2, -0.15) is 0 Å². The summed E-state index contributed by atoms with van der Waals surface area (Å²) in [4.78, 5) is 18.5. The van der Waals surface area contributed by atoms with E-state index in [1.165, 1.54) is 16.7 Å². The molecule has 0 aliphatic carbocycles. The first-order chi connectivity index (χ1) is 11.5. The van der Waals surface area contributed by atoms with Crippen molar-refractivity contribution in [3.63, 3.8) is 0 Å². The van der Waals surface area contributed by atoms with Crippen molar-refractivity contribution in [3.05, 3.63) is 57.2 Å². The van der Waals surface area contributed by atoms with E-state index in [0.29, 0.717) is 29.5 Å². The van der Waals surface area contributed by atoms with Gasteiger partial charge in [-0.15, -0.1) is 0 Å². The van der Waals surface area contributed by atoms with Gasteiger partial charge < -0.3 is 9.67 Å². The normalized spacial score (nSPS) is 11.1. The second-order valence-corrected chi connectivity index (χ2v) is 6.34. The number of benzene rings is 1. The number of aromatic hydroxyl groups is 1. The van der Waals surface area contributed by atoms with E-state index in [1.54, 1.807) is 18.6 Å². The molecule has 3 aromatic rings. The molecular weight excluding hydrogens is 379 g/mol. The number of nitrogens with zero attached hydrogens (tertiary/aromatic N) is 3. The fourth-order valence-corrected chi connectivity index (χ4v) is 3.08. The molecule has 0 spiro atoms. The molecule has 3 rings (SSSR count). The molecule has 0 fully saturated rings. The van der Waals surface area contributed by atoms with Crippen LogP contribution in [0.2, 0.25) is 0 Å². The standard InChI is InChI=1S/C16H16BrFN4O2/c1-10-8-19-9-21(10)5-2-6-22-14(15(23)20-16(22)24)12-7-11(18)3-4-13(12)17/h3-4,7-9,23H,2,5-6H2,1H3,(H,20,24). The Bertz CT molecular complexity index is 929. The predicted octanol–water partition coefficient (Wildman–Crippen LogP) is 3.05. The Kier molecular flexibility index (Phi) is 4.57. The highest BCUT2D eigenvalue weighted by Gasteiger charge is 2.18. The number of aryl methyl sites for hydroxylation is 2. The van der Waals surface area contributed by atoms with Gasteiger partial charge in [-0.3, -0.25) is 9.55 Å². The van der Waals surface area contributed by atoms with E-state index in [0.717, 1.165) is 5.69 Å². The number of H-pyrrole nitrogens is 1. The highest BCUT2D eigenvalue weighted by molar-refractivity contribution is 9.10. The van der Waals surface area contributed by atoms with Crippen LogP contribution in [0.15, 0.2) is 40.0 Å². The van der Waals surface area contributed by atoms with E-state index in [1.807, 2.05) is 11.5 Å². The monoisotopic (exact) mass is 394 g/mol. The van der Waals surface area contributed by atoms with E-state index < -0.39 is 11.5 Å². The molecule has 0 radical (unpaired) electrons. The lowest BCUT2D eigenvalue weighted by Gasteiger charge is -2.10. The smallest absolute Gasteiger partial charge is 0.328 e. The van der Waals surface area contributed by atoms with Crippen LogP contribution in [0, 0.1) is 12.7 Å². The average Bonchev–Trinajstić information content (AvgIpc) is 3.06. The molecule has 1 aromatic carbocycles. The van der Waals surface area contributed by atoms with Gasteiger partial charge in [-0.05, 0) is 31.5 Å². The maximum Gasteiger partial charge on any atom is 0.328 e. The number of nitrogens with one attached hydrogen (secondary N) is 1. The van der Waals surface area contributed by atoms with Crippen LogP contribution in [0.25, 0.3) is 11.3 Å². The fourth-order valence-electron chi connectivity index (χ4n) is 2.64. The molecule has 2 N–H and O–H groups in total. The van der Waals surface area contributed by atoms with Crippen LogP contribution in [0.1, 0.15) is 12.1 Å². The molecule has 2 aromatic heterocycles. The minimum Gasteiger partial charge on any atom is -0.493 e. The Morgan fingerprint density at radius 1 is 1.38 bits per heavy atom. The lowest BCUT2D eigenvalue weighted by molar-refractivity contribution is 0.456. The molecule has 0 aliphatic rings. The Morgan fingerprint density at radius 2 is 2.17 bits per heavy atom. The Hall–Kier alpha value is -2.35. The summed E-state index contributed by atoms with van der Waals surface area (Å²) in [6.07, 6.45) is 4.16. The van der Waals surface area contributed by atoms with Crippen molar-refractivity contribution in [2.24, 2.45) is 0 Å². The zero-order chi connectivity index (χ0) is 17.3. The first-order valence-corrected chi connectivity index (χ1v) is 8.20. The Labute approximate surface area is 145 Å². The third-order valence-electron chi connectivity index (χ3n) is 3.85. The number of aromatic nitrogens is 4. The zero-order valence-corrected chi connectivity index (χ0v) is 14.5. The number of hydrogen-bond acceptors (Lipinski definition) is 3. The number of aromatic amines is 1. The molecule has 24 heavy (non-hydrogen) atoms. The van der Waals surface area contributed by atoms with Crippen LogP contribution in [-0.4, -0.2) is 24.2 Å². The molecule has 0 unspecified atom stereocenters. The number of imidazole rings is 2. The summed E-state index contributed by atoms with van der Waals surface area (Å²) in [5.74, 6) is -0.716. The van der Waals surface area contributed by atoms with Crippen LogP contribution < -0.4 is 5.69 Å². The summed E-state index contributed by atoms with van der Waals surface area (Å²) in [7, 11) is 0. The SMILES string of the molecule is Cc1cncn1CCCn1c(-c2cc(F)ccc2Br)c(O)[nH]c1=O. The van der Waals surface area contributed by atoms with E-state index in [2.05, 4.69) is 25.9 Å². The molecule has 0 aliphatic heterocycles. The molecule has 8 heteroatoms.